The number of carbonyl (C=O) groups is 1. The van der Waals surface area contributed by atoms with Crippen molar-refractivity contribution in [3.8, 4) is 22.5 Å². The number of amides is 2. The SMILES string of the molecule is C=CC(c1ccccc1)c1cc(-c2ccccc2-c2nn[nH]n2)cc(NC(=O)Nc2ccc(C)cc2)c1NCC(C)C. The Balaban J connectivity index is 1.67. The Morgan fingerprint density at radius 1 is 0.929 bits per heavy atom. The Hall–Kier alpha value is -5.24. The minimum Gasteiger partial charge on any atom is -0.383 e. The highest BCUT2D eigenvalue weighted by Gasteiger charge is 2.22. The Morgan fingerprint density at radius 2 is 1.64 bits per heavy atom. The van der Waals surface area contributed by atoms with Crippen LogP contribution in [0.3, 0.4) is 0 Å². The predicted molar refractivity (Wildman–Crippen MR) is 171 cm³/mol. The molecule has 212 valence electrons. The molecule has 8 nitrogen and oxygen atoms in total. The molecule has 4 N–H and O–H groups in total. The van der Waals surface area contributed by atoms with Crippen LogP contribution in [0.1, 0.15) is 36.5 Å². The number of tetrazole rings is 1. The number of hydrogen-bond donors (Lipinski definition) is 4. The van der Waals surface area contributed by atoms with Crippen molar-refractivity contribution in [1.29, 1.82) is 0 Å². The quantitative estimate of drug-likeness (QED) is 0.131. The summed E-state index contributed by atoms with van der Waals surface area (Å²) in [6.07, 6.45) is 1.94. The van der Waals surface area contributed by atoms with E-state index in [1.54, 1.807) is 0 Å². The van der Waals surface area contributed by atoms with E-state index < -0.39 is 0 Å². The van der Waals surface area contributed by atoms with E-state index in [0.29, 0.717) is 23.1 Å². The maximum absolute atomic E-state index is 13.4. The number of allylic oxidation sites excluding steroid dienone is 1. The molecular formula is C34H35N7O. The number of carbonyl (C=O) groups excluding carboxylic acids is 1. The van der Waals surface area contributed by atoms with Crippen LogP contribution in [-0.4, -0.2) is 33.2 Å². The van der Waals surface area contributed by atoms with Crippen molar-refractivity contribution in [3.05, 3.63) is 120 Å². The number of rotatable bonds is 10. The van der Waals surface area contributed by atoms with Crippen LogP contribution in [0.15, 0.2) is 104 Å². The molecule has 1 heterocycles. The normalized spacial score (nSPS) is 11.6. The Morgan fingerprint density at radius 3 is 2.31 bits per heavy atom. The van der Waals surface area contributed by atoms with Crippen molar-refractivity contribution in [2.45, 2.75) is 26.7 Å². The van der Waals surface area contributed by atoms with Gasteiger partial charge in [0.1, 0.15) is 0 Å². The number of anilines is 3. The molecule has 0 aliphatic carbocycles. The van der Waals surface area contributed by atoms with Gasteiger partial charge in [-0.15, -0.1) is 16.8 Å². The third kappa shape index (κ3) is 6.55. The first-order valence-corrected chi connectivity index (χ1v) is 14.0. The summed E-state index contributed by atoms with van der Waals surface area (Å²) >= 11 is 0. The third-order valence-corrected chi connectivity index (χ3v) is 6.97. The van der Waals surface area contributed by atoms with Gasteiger partial charge in [0.05, 0.1) is 11.4 Å². The van der Waals surface area contributed by atoms with Crippen molar-refractivity contribution in [3.63, 3.8) is 0 Å². The highest BCUT2D eigenvalue weighted by molar-refractivity contribution is 6.03. The smallest absolute Gasteiger partial charge is 0.323 e. The lowest BCUT2D eigenvalue weighted by Crippen LogP contribution is -2.22. The molecule has 0 saturated carbocycles. The fourth-order valence-corrected chi connectivity index (χ4v) is 4.90. The van der Waals surface area contributed by atoms with Crippen molar-refractivity contribution in [1.82, 2.24) is 20.6 Å². The predicted octanol–water partition coefficient (Wildman–Crippen LogP) is 7.87. The highest BCUT2D eigenvalue weighted by atomic mass is 16.2. The van der Waals surface area contributed by atoms with Crippen molar-refractivity contribution >= 4 is 23.1 Å². The lowest BCUT2D eigenvalue weighted by Gasteiger charge is -2.25. The number of urea groups is 1. The Kier molecular flexibility index (Phi) is 8.72. The van der Waals surface area contributed by atoms with Crippen molar-refractivity contribution < 1.29 is 4.79 Å². The molecule has 8 heteroatoms. The molecule has 0 aliphatic heterocycles. The van der Waals surface area contributed by atoms with Gasteiger partial charge in [-0.2, -0.15) is 5.21 Å². The van der Waals surface area contributed by atoms with E-state index in [-0.39, 0.29) is 11.9 Å². The molecule has 5 rings (SSSR count). The summed E-state index contributed by atoms with van der Waals surface area (Å²) in [6.45, 7) is 11.2. The lowest BCUT2D eigenvalue weighted by atomic mass is 9.86. The summed E-state index contributed by atoms with van der Waals surface area (Å²) in [5.74, 6) is 0.729. The number of aryl methyl sites for hydroxylation is 1. The van der Waals surface area contributed by atoms with Gasteiger partial charge in [-0.1, -0.05) is 92.2 Å². The molecule has 1 unspecified atom stereocenters. The van der Waals surface area contributed by atoms with Crippen LogP contribution in [0.25, 0.3) is 22.5 Å². The third-order valence-electron chi connectivity index (χ3n) is 6.97. The van der Waals surface area contributed by atoms with Crippen LogP contribution in [0, 0.1) is 12.8 Å². The molecule has 2 amide bonds. The first-order valence-electron chi connectivity index (χ1n) is 14.0. The molecular weight excluding hydrogens is 522 g/mol. The van der Waals surface area contributed by atoms with Crippen LogP contribution in [0.4, 0.5) is 21.9 Å². The lowest BCUT2D eigenvalue weighted by molar-refractivity contribution is 0.262. The number of H-pyrrole nitrogens is 1. The monoisotopic (exact) mass is 557 g/mol. The molecule has 42 heavy (non-hydrogen) atoms. The second kappa shape index (κ2) is 13.0. The van der Waals surface area contributed by atoms with E-state index in [1.807, 2.05) is 85.8 Å². The number of nitrogens with zero attached hydrogens (tertiary/aromatic N) is 3. The zero-order valence-electron chi connectivity index (χ0n) is 24.1. The zero-order valence-corrected chi connectivity index (χ0v) is 24.1. The maximum atomic E-state index is 13.4. The number of nitrogens with one attached hydrogen (secondary N) is 4. The van der Waals surface area contributed by atoms with Gasteiger partial charge in [-0.25, -0.2) is 4.79 Å². The van der Waals surface area contributed by atoms with E-state index in [9.17, 15) is 4.79 Å². The molecule has 0 spiro atoms. The number of aromatic nitrogens is 4. The van der Waals surface area contributed by atoms with Gasteiger partial charge in [-0.05, 0) is 64.6 Å². The average Bonchev–Trinajstić information content (AvgIpc) is 3.54. The van der Waals surface area contributed by atoms with E-state index in [2.05, 4.69) is 75.2 Å². The molecule has 0 radical (unpaired) electrons. The molecule has 0 aliphatic rings. The molecule has 1 atom stereocenters. The van der Waals surface area contributed by atoms with Crippen LogP contribution in [-0.2, 0) is 0 Å². The van der Waals surface area contributed by atoms with Crippen LogP contribution >= 0.6 is 0 Å². The molecule has 0 bridgehead atoms. The van der Waals surface area contributed by atoms with Gasteiger partial charge in [0.15, 0.2) is 0 Å². The van der Waals surface area contributed by atoms with Crippen LogP contribution in [0.2, 0.25) is 0 Å². The second-order valence-electron chi connectivity index (χ2n) is 10.6. The molecule has 4 aromatic carbocycles. The first-order chi connectivity index (χ1) is 20.4. The van der Waals surface area contributed by atoms with Gasteiger partial charge < -0.3 is 16.0 Å². The Labute approximate surface area is 246 Å². The van der Waals surface area contributed by atoms with Crippen LogP contribution in [0.5, 0.6) is 0 Å². The minimum atomic E-state index is -0.337. The Bertz CT molecular complexity index is 1650. The summed E-state index contributed by atoms with van der Waals surface area (Å²) < 4.78 is 0. The number of aromatic amines is 1. The van der Waals surface area contributed by atoms with Crippen molar-refractivity contribution in [2.75, 3.05) is 22.5 Å². The standard InChI is InChI=1S/C34H35N7O/c1-5-27(24-11-7-6-8-12-24)30-19-25(28-13-9-10-14-29(28)33-38-40-41-39-33)20-31(32(30)35-21-22(2)3)37-34(42)36-26-17-15-23(4)16-18-26/h5-20,22,27,35H,1,21H2,2-4H3,(H2,36,37,42)(H,38,39,40,41). The van der Waals surface area contributed by atoms with E-state index in [4.69, 9.17) is 0 Å². The molecule has 0 fully saturated rings. The largest absolute Gasteiger partial charge is 0.383 e. The van der Waals surface area contributed by atoms with Gasteiger partial charge in [-0.3, -0.25) is 0 Å². The summed E-state index contributed by atoms with van der Waals surface area (Å²) in [5, 5.41) is 24.5. The van der Waals surface area contributed by atoms with E-state index in [0.717, 1.165) is 45.6 Å². The minimum absolute atomic E-state index is 0.140. The average molecular weight is 558 g/mol. The molecule has 0 saturated heterocycles. The van der Waals surface area contributed by atoms with E-state index >= 15 is 0 Å². The first kappa shape index (κ1) is 28.3. The van der Waals surface area contributed by atoms with Gasteiger partial charge >= 0.3 is 6.03 Å². The van der Waals surface area contributed by atoms with Gasteiger partial charge in [0, 0.05) is 23.7 Å². The van der Waals surface area contributed by atoms with E-state index in [1.165, 1.54) is 0 Å². The highest BCUT2D eigenvalue weighted by Crippen LogP contribution is 2.42. The second-order valence-corrected chi connectivity index (χ2v) is 10.6. The topological polar surface area (TPSA) is 108 Å². The molecule has 1 aromatic heterocycles. The summed E-state index contributed by atoms with van der Waals surface area (Å²) in [6, 6.07) is 29.7. The van der Waals surface area contributed by atoms with Gasteiger partial charge in [0.25, 0.3) is 0 Å². The summed E-state index contributed by atoms with van der Waals surface area (Å²) in [7, 11) is 0. The summed E-state index contributed by atoms with van der Waals surface area (Å²) in [4.78, 5) is 13.4. The van der Waals surface area contributed by atoms with Crippen molar-refractivity contribution in [2.24, 2.45) is 5.92 Å². The fraction of sp³-hybridized carbons (Fsp3) is 0.176. The van der Waals surface area contributed by atoms with Crippen LogP contribution < -0.4 is 16.0 Å². The zero-order chi connectivity index (χ0) is 29.5. The fourth-order valence-electron chi connectivity index (χ4n) is 4.90. The number of hydrogen-bond acceptors (Lipinski definition) is 5. The molecule has 5 aromatic rings. The summed E-state index contributed by atoms with van der Waals surface area (Å²) in [5.41, 5.74) is 8.04. The number of benzene rings is 4. The van der Waals surface area contributed by atoms with Gasteiger partial charge in [0.2, 0.25) is 5.82 Å². The maximum Gasteiger partial charge on any atom is 0.323 e.